The van der Waals surface area contributed by atoms with Gasteiger partial charge in [-0.05, 0) is 58.5 Å². The number of carbonyl (C=O) groups is 2. The lowest BCUT2D eigenvalue weighted by Gasteiger charge is -2.14. The van der Waals surface area contributed by atoms with Crippen molar-refractivity contribution in [2.24, 2.45) is 0 Å². The molecule has 2 N–H and O–H groups in total. The van der Waals surface area contributed by atoms with E-state index < -0.39 is 0 Å². The average molecular weight is 443 g/mol. The molecule has 3 rings (SSSR count). The smallest absolute Gasteiger partial charge is 0.226 e. The second kappa shape index (κ2) is 10.6. The molecule has 31 heavy (non-hydrogen) atoms. The molecule has 0 bridgehead atoms. The van der Waals surface area contributed by atoms with Crippen molar-refractivity contribution < 1.29 is 14.7 Å². The molecule has 0 saturated carbocycles. The number of carbonyl (C=O) groups excluding carboxylic acids is 2. The number of aliphatic hydroxyl groups excluding tert-OH is 1. The lowest BCUT2D eigenvalue weighted by atomic mass is 9.93. The van der Waals surface area contributed by atoms with Crippen LogP contribution in [0.25, 0.3) is 5.76 Å². The number of hydrogen-bond acceptors (Lipinski definition) is 7. The van der Waals surface area contributed by atoms with Gasteiger partial charge in [0.2, 0.25) is 11.7 Å². The van der Waals surface area contributed by atoms with E-state index in [4.69, 9.17) is 0 Å². The van der Waals surface area contributed by atoms with E-state index in [-0.39, 0.29) is 23.9 Å². The van der Waals surface area contributed by atoms with Crippen molar-refractivity contribution in [3.63, 3.8) is 0 Å². The van der Waals surface area contributed by atoms with E-state index in [1.807, 2.05) is 26.2 Å². The molecule has 2 aromatic heterocycles. The van der Waals surface area contributed by atoms with Gasteiger partial charge in [-0.3, -0.25) is 14.6 Å². The fourth-order valence-corrected chi connectivity index (χ4v) is 4.59. The molecule has 0 fully saturated rings. The van der Waals surface area contributed by atoms with Gasteiger partial charge in [0.25, 0.3) is 0 Å². The molecule has 166 valence electrons. The second-order valence-electron chi connectivity index (χ2n) is 8.01. The van der Waals surface area contributed by atoms with Gasteiger partial charge in [0.05, 0.1) is 17.0 Å². The maximum Gasteiger partial charge on any atom is 0.226 e. The quantitative estimate of drug-likeness (QED) is 0.352. The number of nitrogens with one attached hydrogen (secondary N) is 1. The largest absolute Gasteiger partial charge is 0.507 e. The van der Waals surface area contributed by atoms with Crippen molar-refractivity contribution in [3.8, 4) is 0 Å². The van der Waals surface area contributed by atoms with Gasteiger partial charge in [0.1, 0.15) is 10.8 Å². The number of ketones is 1. The summed E-state index contributed by atoms with van der Waals surface area (Å²) < 4.78 is 0. The van der Waals surface area contributed by atoms with Crippen molar-refractivity contribution in [3.05, 3.63) is 50.7 Å². The molecule has 2 heterocycles. The van der Waals surface area contributed by atoms with Gasteiger partial charge < -0.3 is 15.3 Å². The van der Waals surface area contributed by atoms with E-state index in [9.17, 15) is 14.7 Å². The molecule has 8 heteroatoms. The molecule has 0 radical (unpaired) electrons. The van der Waals surface area contributed by atoms with Gasteiger partial charge in [0, 0.05) is 29.6 Å². The first-order valence-corrected chi connectivity index (χ1v) is 11.5. The Labute approximate surface area is 187 Å². The number of amides is 1. The zero-order valence-corrected chi connectivity index (χ0v) is 19.2. The molecule has 0 spiro atoms. The van der Waals surface area contributed by atoms with Gasteiger partial charge in [0.15, 0.2) is 0 Å². The molecule has 0 atom stereocenters. The van der Waals surface area contributed by atoms with E-state index in [2.05, 4.69) is 27.1 Å². The molecule has 0 unspecified atom stereocenters. The topological polar surface area (TPSA) is 95.4 Å². The van der Waals surface area contributed by atoms with Crippen molar-refractivity contribution >= 4 is 28.8 Å². The first kappa shape index (κ1) is 23.1. The number of aryl methyl sites for hydroxylation is 2. The van der Waals surface area contributed by atoms with Crippen LogP contribution in [0.1, 0.15) is 57.8 Å². The summed E-state index contributed by atoms with van der Waals surface area (Å²) >= 11 is 1.25. The third-order valence-electron chi connectivity index (χ3n) is 5.14. The number of fused-ring (bicyclic) bond motifs is 1. The Bertz CT molecular complexity index is 964. The van der Waals surface area contributed by atoms with Crippen molar-refractivity contribution in [2.75, 3.05) is 27.2 Å². The third kappa shape index (κ3) is 5.98. The van der Waals surface area contributed by atoms with Gasteiger partial charge in [-0.15, -0.1) is 11.3 Å². The summed E-state index contributed by atoms with van der Waals surface area (Å²) in [5, 5.41) is 14.2. The summed E-state index contributed by atoms with van der Waals surface area (Å²) in [7, 11) is 3.99. The minimum Gasteiger partial charge on any atom is -0.507 e. The molecular weight excluding hydrogens is 412 g/mol. The predicted octanol–water partition coefficient (Wildman–Crippen LogP) is 3.20. The van der Waals surface area contributed by atoms with Crippen molar-refractivity contribution in [1.29, 1.82) is 0 Å². The number of rotatable bonds is 9. The van der Waals surface area contributed by atoms with E-state index in [0.717, 1.165) is 37.2 Å². The molecule has 1 aliphatic carbocycles. The maximum atomic E-state index is 13.0. The normalized spacial score (nSPS) is 15.2. The van der Waals surface area contributed by atoms with Crippen molar-refractivity contribution in [1.82, 2.24) is 20.2 Å². The van der Waals surface area contributed by atoms with Crippen LogP contribution in [0.5, 0.6) is 0 Å². The number of hydrogen-bond donors (Lipinski definition) is 2. The van der Waals surface area contributed by atoms with Crippen LogP contribution >= 0.6 is 11.3 Å². The lowest BCUT2D eigenvalue weighted by molar-refractivity contribution is -0.120. The summed E-state index contributed by atoms with van der Waals surface area (Å²) in [4.78, 5) is 36.7. The Morgan fingerprint density at radius 2 is 2.10 bits per heavy atom. The molecule has 2 aromatic rings. The van der Waals surface area contributed by atoms with Crippen molar-refractivity contribution in [2.45, 2.75) is 45.4 Å². The van der Waals surface area contributed by atoms with Crippen LogP contribution < -0.4 is 5.32 Å². The van der Waals surface area contributed by atoms with E-state index in [1.54, 1.807) is 6.20 Å². The highest BCUT2D eigenvalue weighted by atomic mass is 32.1. The number of pyridine rings is 1. The minimum absolute atomic E-state index is 0.0141. The van der Waals surface area contributed by atoms with Crippen LogP contribution in [0.4, 0.5) is 0 Å². The van der Waals surface area contributed by atoms with E-state index in [0.29, 0.717) is 40.4 Å². The van der Waals surface area contributed by atoms with Gasteiger partial charge >= 0.3 is 0 Å². The number of nitrogens with zero attached hydrogens (tertiary/aromatic N) is 3. The van der Waals surface area contributed by atoms with Crippen LogP contribution in [-0.4, -0.2) is 58.8 Å². The monoisotopic (exact) mass is 442 g/mol. The summed E-state index contributed by atoms with van der Waals surface area (Å²) in [5.74, 6) is -0.305. The molecular formula is C23H30N4O3S. The Morgan fingerprint density at radius 1 is 1.29 bits per heavy atom. The Morgan fingerprint density at radius 3 is 2.77 bits per heavy atom. The molecule has 0 aliphatic heterocycles. The SMILES string of the molecule is CCCc1ccc(/C(O)=C2\CCc3nc(CC(=O)NCCCN(C)C)sc3C2=O)cn1. The van der Waals surface area contributed by atoms with Crippen LogP contribution in [0, 0.1) is 0 Å². The Kier molecular flexibility index (Phi) is 7.92. The molecule has 1 amide bonds. The zero-order valence-electron chi connectivity index (χ0n) is 18.4. The minimum atomic E-state index is -0.202. The third-order valence-corrected chi connectivity index (χ3v) is 6.24. The van der Waals surface area contributed by atoms with Crippen LogP contribution in [0.3, 0.4) is 0 Å². The highest BCUT2D eigenvalue weighted by Crippen LogP contribution is 2.33. The summed E-state index contributed by atoms with van der Waals surface area (Å²) in [6.07, 6.45) is 5.55. The number of thiazole rings is 1. The fourth-order valence-electron chi connectivity index (χ4n) is 3.51. The first-order valence-electron chi connectivity index (χ1n) is 10.7. The second-order valence-corrected chi connectivity index (χ2v) is 9.10. The zero-order chi connectivity index (χ0) is 22.4. The number of Topliss-reactive ketones (excluding diaryl/α,β-unsaturated/α-hetero) is 1. The predicted molar refractivity (Wildman–Crippen MR) is 122 cm³/mol. The molecule has 0 saturated heterocycles. The maximum absolute atomic E-state index is 13.0. The molecule has 0 aromatic carbocycles. The molecule has 1 aliphatic rings. The van der Waals surface area contributed by atoms with Gasteiger partial charge in [-0.25, -0.2) is 4.98 Å². The van der Waals surface area contributed by atoms with Gasteiger partial charge in [-0.1, -0.05) is 13.3 Å². The highest BCUT2D eigenvalue weighted by Gasteiger charge is 2.29. The summed E-state index contributed by atoms with van der Waals surface area (Å²) in [5.41, 5.74) is 2.63. The van der Waals surface area contributed by atoms with Gasteiger partial charge in [-0.2, -0.15) is 0 Å². The highest BCUT2D eigenvalue weighted by molar-refractivity contribution is 7.14. The van der Waals surface area contributed by atoms with Crippen LogP contribution in [0.15, 0.2) is 23.9 Å². The number of aliphatic hydroxyl groups is 1. The Balaban J connectivity index is 1.67. The standard InChI is InChI=1S/C23H30N4O3S/c1-4-6-16-8-7-15(14-25-16)21(29)17-9-10-18-23(22(17)30)31-20(26-18)13-19(28)24-11-5-12-27(2)3/h7-8,14,29H,4-6,9-13H2,1-3H3,(H,24,28)/b21-17-. The van der Waals surface area contributed by atoms with E-state index in [1.165, 1.54) is 11.3 Å². The summed E-state index contributed by atoms with van der Waals surface area (Å²) in [6, 6.07) is 3.69. The molecule has 7 nitrogen and oxygen atoms in total. The average Bonchev–Trinajstić information content (AvgIpc) is 3.15. The number of allylic oxidation sites excluding steroid dienone is 1. The lowest BCUT2D eigenvalue weighted by Crippen LogP contribution is -2.28. The van der Waals surface area contributed by atoms with E-state index >= 15 is 0 Å². The van der Waals surface area contributed by atoms with Crippen LogP contribution in [-0.2, 0) is 24.1 Å². The fraction of sp³-hybridized carbons (Fsp3) is 0.478. The summed E-state index contributed by atoms with van der Waals surface area (Å²) in [6.45, 7) is 3.62. The van der Waals surface area contributed by atoms with Crippen LogP contribution in [0.2, 0.25) is 0 Å². The first-order chi connectivity index (χ1) is 14.9. The Hall–Kier alpha value is -2.58. The number of aromatic nitrogens is 2.